The summed E-state index contributed by atoms with van der Waals surface area (Å²) < 4.78 is 5.54. The van der Waals surface area contributed by atoms with E-state index in [2.05, 4.69) is 32.1 Å². The minimum Gasteiger partial charge on any atom is -0.439 e. The van der Waals surface area contributed by atoms with E-state index in [1.165, 1.54) is 0 Å². The third-order valence-electron chi connectivity index (χ3n) is 5.55. The van der Waals surface area contributed by atoms with E-state index < -0.39 is 11.6 Å². The van der Waals surface area contributed by atoms with Gasteiger partial charge in [0.05, 0.1) is 0 Å². The summed E-state index contributed by atoms with van der Waals surface area (Å²) >= 11 is 0. The molecule has 1 atom stereocenters. The van der Waals surface area contributed by atoms with Crippen molar-refractivity contribution in [2.24, 2.45) is 0 Å². The Bertz CT molecular complexity index is 1230. The van der Waals surface area contributed by atoms with Crippen LogP contribution >= 0.6 is 0 Å². The lowest BCUT2D eigenvalue weighted by atomic mass is 9.85. The fraction of sp³-hybridized carbons (Fsp3) is 0.273. The topological polar surface area (TPSA) is 88.2 Å². The fourth-order valence-corrected chi connectivity index (χ4v) is 3.89. The van der Waals surface area contributed by atoms with Crippen LogP contribution in [0.15, 0.2) is 47.1 Å². The van der Waals surface area contributed by atoms with Gasteiger partial charge in [0.25, 0.3) is 0 Å². The quantitative estimate of drug-likeness (QED) is 0.555. The van der Waals surface area contributed by atoms with Crippen molar-refractivity contribution in [3.05, 3.63) is 60.0 Å². The van der Waals surface area contributed by atoms with Crippen LogP contribution in [0.4, 0.5) is 11.5 Å². The molecule has 4 heterocycles. The lowest BCUT2D eigenvalue weighted by molar-refractivity contribution is 0.118. The molecule has 0 fully saturated rings. The molecule has 1 unspecified atom stereocenters. The van der Waals surface area contributed by atoms with E-state index >= 15 is 0 Å². The van der Waals surface area contributed by atoms with E-state index in [-0.39, 0.29) is 0 Å². The van der Waals surface area contributed by atoms with Crippen molar-refractivity contribution in [2.45, 2.75) is 39.3 Å². The number of aromatic nitrogens is 4. The molecule has 1 N–H and O–H groups in total. The Balaban J connectivity index is 1.67. The van der Waals surface area contributed by atoms with Gasteiger partial charge < -0.3 is 9.52 Å². The highest BCUT2D eigenvalue weighted by atomic mass is 16.3. The molecular formula is C22H21N5O2. The summed E-state index contributed by atoms with van der Waals surface area (Å²) in [5.74, 6) is 1.92. The second kappa shape index (κ2) is 6.09. The number of rotatable bonds is 2. The van der Waals surface area contributed by atoms with Crippen LogP contribution in [-0.4, -0.2) is 31.3 Å². The molecule has 7 nitrogen and oxygen atoms in total. The average molecular weight is 387 g/mol. The molecule has 0 amide bonds. The van der Waals surface area contributed by atoms with Crippen LogP contribution < -0.4 is 4.90 Å². The monoisotopic (exact) mass is 387 g/mol. The van der Waals surface area contributed by atoms with Crippen molar-refractivity contribution in [2.75, 3.05) is 4.90 Å². The molecule has 7 heteroatoms. The summed E-state index contributed by atoms with van der Waals surface area (Å²) in [5.41, 5.74) is 4.57. The molecule has 3 aromatic heterocycles. The lowest BCUT2D eigenvalue weighted by Gasteiger charge is -2.29. The molecule has 29 heavy (non-hydrogen) atoms. The van der Waals surface area contributed by atoms with Gasteiger partial charge in [0.2, 0.25) is 5.65 Å². The van der Waals surface area contributed by atoms with Gasteiger partial charge in [0.15, 0.2) is 11.5 Å². The third kappa shape index (κ3) is 2.69. The number of aliphatic hydroxyl groups is 1. The van der Waals surface area contributed by atoms with E-state index in [0.717, 1.165) is 28.2 Å². The number of pyridine rings is 1. The molecule has 5 rings (SSSR count). The first-order valence-electron chi connectivity index (χ1n) is 9.49. The van der Waals surface area contributed by atoms with Gasteiger partial charge in [-0.3, -0.25) is 4.90 Å². The van der Waals surface area contributed by atoms with E-state index in [1.807, 2.05) is 56.3 Å². The first kappa shape index (κ1) is 17.8. The molecule has 0 saturated carbocycles. The number of hydrogen-bond donors (Lipinski definition) is 1. The zero-order chi connectivity index (χ0) is 20.3. The molecule has 146 valence electrons. The minimum atomic E-state index is -0.764. The minimum absolute atomic E-state index is 0.464. The lowest BCUT2D eigenvalue weighted by Crippen LogP contribution is -2.38. The number of benzene rings is 1. The highest BCUT2D eigenvalue weighted by Gasteiger charge is 2.45. The van der Waals surface area contributed by atoms with Crippen LogP contribution in [0.25, 0.3) is 22.4 Å². The van der Waals surface area contributed by atoms with E-state index in [9.17, 15) is 5.11 Å². The number of aliphatic hydroxyl groups excluding tert-OH is 1. The fourth-order valence-electron chi connectivity index (χ4n) is 3.89. The molecule has 0 saturated heterocycles. The number of aryl methyl sites for hydroxylation is 2. The van der Waals surface area contributed by atoms with Crippen molar-refractivity contribution >= 4 is 22.7 Å². The van der Waals surface area contributed by atoms with Gasteiger partial charge in [-0.05, 0) is 36.2 Å². The number of oxazole rings is 1. The van der Waals surface area contributed by atoms with Crippen LogP contribution in [0.5, 0.6) is 0 Å². The van der Waals surface area contributed by atoms with Gasteiger partial charge in [0.1, 0.15) is 17.9 Å². The zero-order valence-electron chi connectivity index (χ0n) is 16.7. The van der Waals surface area contributed by atoms with Crippen LogP contribution in [0.3, 0.4) is 0 Å². The number of fused-ring (bicyclic) bond motifs is 2. The maximum Gasteiger partial charge on any atom is 0.200 e. The maximum absolute atomic E-state index is 11.2. The second-order valence-electron chi connectivity index (χ2n) is 7.94. The summed E-state index contributed by atoms with van der Waals surface area (Å²) in [7, 11) is 0. The van der Waals surface area contributed by atoms with Crippen molar-refractivity contribution in [3.63, 3.8) is 0 Å². The van der Waals surface area contributed by atoms with Crippen molar-refractivity contribution in [1.82, 2.24) is 19.9 Å². The standard InChI is InChI=1S/C22H21N5O2/c1-12-23-10-15(11-24-12)14-5-6-16-17(9-14)27(21(28)22(16,3)4)19-8-7-18-20(26-19)25-13(2)29-18/h5-11,21,28H,1-4H3. The van der Waals surface area contributed by atoms with E-state index in [0.29, 0.717) is 22.9 Å². The summed E-state index contributed by atoms with van der Waals surface area (Å²) in [6, 6.07) is 9.85. The van der Waals surface area contributed by atoms with E-state index in [1.54, 1.807) is 6.92 Å². The first-order chi connectivity index (χ1) is 13.8. The summed E-state index contributed by atoms with van der Waals surface area (Å²) in [6.07, 6.45) is 2.86. The Morgan fingerprint density at radius 1 is 1.00 bits per heavy atom. The Labute approximate surface area is 168 Å². The summed E-state index contributed by atoms with van der Waals surface area (Å²) in [4.78, 5) is 19.4. The smallest absolute Gasteiger partial charge is 0.200 e. The summed E-state index contributed by atoms with van der Waals surface area (Å²) in [5, 5.41) is 11.2. The molecule has 1 aliphatic rings. The van der Waals surface area contributed by atoms with Gasteiger partial charge in [-0.15, -0.1) is 0 Å². The number of anilines is 2. The molecule has 0 aliphatic carbocycles. The van der Waals surface area contributed by atoms with Crippen molar-refractivity contribution < 1.29 is 9.52 Å². The zero-order valence-corrected chi connectivity index (χ0v) is 16.7. The number of hydrogen-bond acceptors (Lipinski definition) is 7. The highest BCUT2D eigenvalue weighted by Crippen LogP contribution is 2.48. The normalized spacial score (nSPS) is 17.7. The summed E-state index contributed by atoms with van der Waals surface area (Å²) in [6.45, 7) is 7.72. The van der Waals surface area contributed by atoms with Gasteiger partial charge in [0, 0.05) is 36.0 Å². The third-order valence-corrected chi connectivity index (χ3v) is 5.55. The van der Waals surface area contributed by atoms with Gasteiger partial charge in [-0.25, -0.2) is 15.0 Å². The largest absolute Gasteiger partial charge is 0.439 e. The van der Waals surface area contributed by atoms with Crippen LogP contribution in [0.1, 0.15) is 31.1 Å². The van der Waals surface area contributed by atoms with Crippen LogP contribution in [-0.2, 0) is 5.41 Å². The van der Waals surface area contributed by atoms with Crippen LogP contribution in [0.2, 0.25) is 0 Å². The first-order valence-corrected chi connectivity index (χ1v) is 9.49. The second-order valence-corrected chi connectivity index (χ2v) is 7.94. The Hall–Kier alpha value is -3.32. The predicted octanol–water partition coefficient (Wildman–Crippen LogP) is 4.04. The Morgan fingerprint density at radius 2 is 1.76 bits per heavy atom. The Morgan fingerprint density at radius 3 is 2.52 bits per heavy atom. The molecule has 1 aromatic carbocycles. The maximum atomic E-state index is 11.2. The molecule has 4 aromatic rings. The van der Waals surface area contributed by atoms with Gasteiger partial charge in [-0.1, -0.05) is 26.0 Å². The molecule has 0 radical (unpaired) electrons. The van der Waals surface area contributed by atoms with Crippen LogP contribution in [0, 0.1) is 13.8 Å². The molecule has 1 aliphatic heterocycles. The molecular weight excluding hydrogens is 366 g/mol. The van der Waals surface area contributed by atoms with Gasteiger partial charge >= 0.3 is 0 Å². The number of nitrogens with zero attached hydrogens (tertiary/aromatic N) is 5. The molecule has 0 bridgehead atoms. The van der Waals surface area contributed by atoms with Crippen molar-refractivity contribution in [3.8, 4) is 11.1 Å². The van der Waals surface area contributed by atoms with E-state index in [4.69, 9.17) is 4.42 Å². The average Bonchev–Trinajstić information content (AvgIpc) is 3.16. The SMILES string of the molecule is Cc1ncc(-c2ccc3c(c2)N(c2ccc4oc(C)nc4n2)C(O)C3(C)C)cn1. The van der Waals surface area contributed by atoms with Gasteiger partial charge in [-0.2, -0.15) is 4.98 Å². The highest BCUT2D eigenvalue weighted by molar-refractivity contribution is 5.80. The molecule has 0 spiro atoms. The Kier molecular flexibility index (Phi) is 3.73. The predicted molar refractivity (Wildman–Crippen MR) is 110 cm³/mol. The van der Waals surface area contributed by atoms with Crippen molar-refractivity contribution in [1.29, 1.82) is 0 Å².